The van der Waals surface area contributed by atoms with Gasteiger partial charge in [-0.1, -0.05) is 18.2 Å². The van der Waals surface area contributed by atoms with Crippen LogP contribution in [0.15, 0.2) is 36.5 Å². The van der Waals surface area contributed by atoms with E-state index in [-0.39, 0.29) is 0 Å². The third-order valence-corrected chi connectivity index (χ3v) is 2.84. The number of ether oxygens (including phenoxy) is 2. The molecule has 19 heavy (non-hydrogen) atoms. The van der Waals surface area contributed by atoms with Crippen LogP contribution in [-0.4, -0.2) is 31.1 Å². The van der Waals surface area contributed by atoms with Crippen LogP contribution in [0, 0.1) is 0 Å². The first-order chi connectivity index (χ1) is 9.17. The Balaban J connectivity index is 2.49. The molecule has 5 nitrogen and oxygen atoms in total. The first kappa shape index (κ1) is 13.0. The number of fused-ring (bicyclic) bond motifs is 1. The lowest BCUT2D eigenvalue weighted by Gasteiger charge is -2.13. The number of rotatable bonds is 3. The van der Waals surface area contributed by atoms with E-state index in [0.717, 1.165) is 5.39 Å². The summed E-state index contributed by atoms with van der Waals surface area (Å²) in [5, 5.41) is 0.930. The first-order valence-electron chi connectivity index (χ1n) is 5.67. The van der Waals surface area contributed by atoms with Gasteiger partial charge in [-0.05, 0) is 17.7 Å². The second-order valence-corrected chi connectivity index (χ2v) is 3.93. The van der Waals surface area contributed by atoms with Crippen LogP contribution in [0.3, 0.4) is 0 Å². The standard InChI is InChI=1S/C14H13NO4/c1-18-13(16)12(14(17)19-2)10-6-5-9-4-3-7-15-11(9)8-10/h3-8,12H,1-2H3. The summed E-state index contributed by atoms with van der Waals surface area (Å²) in [7, 11) is 2.47. The van der Waals surface area contributed by atoms with Crippen molar-refractivity contribution in [3.63, 3.8) is 0 Å². The Kier molecular flexibility index (Phi) is 3.75. The number of hydrogen-bond donors (Lipinski definition) is 0. The molecular formula is C14H13NO4. The van der Waals surface area contributed by atoms with Crippen LogP contribution < -0.4 is 0 Å². The van der Waals surface area contributed by atoms with Gasteiger partial charge in [0.15, 0.2) is 5.92 Å². The number of esters is 2. The maximum absolute atomic E-state index is 11.7. The van der Waals surface area contributed by atoms with E-state index in [2.05, 4.69) is 14.5 Å². The minimum Gasteiger partial charge on any atom is -0.468 e. The van der Waals surface area contributed by atoms with Gasteiger partial charge in [0, 0.05) is 11.6 Å². The van der Waals surface area contributed by atoms with Gasteiger partial charge in [-0.3, -0.25) is 14.6 Å². The molecule has 0 saturated carbocycles. The summed E-state index contributed by atoms with van der Waals surface area (Å²) in [5.74, 6) is -2.38. The average Bonchev–Trinajstić information content (AvgIpc) is 2.46. The summed E-state index contributed by atoms with van der Waals surface area (Å²) in [6.07, 6.45) is 1.65. The summed E-state index contributed by atoms with van der Waals surface area (Å²) in [6.45, 7) is 0. The largest absolute Gasteiger partial charge is 0.468 e. The van der Waals surface area contributed by atoms with Crippen LogP contribution in [0.2, 0.25) is 0 Å². The summed E-state index contributed by atoms with van der Waals surface area (Å²) in [4.78, 5) is 27.6. The van der Waals surface area contributed by atoms with Crippen molar-refractivity contribution >= 4 is 22.8 Å². The molecule has 0 fully saturated rings. The third-order valence-electron chi connectivity index (χ3n) is 2.84. The van der Waals surface area contributed by atoms with Crippen molar-refractivity contribution in [2.24, 2.45) is 0 Å². The number of carbonyl (C=O) groups excluding carboxylic acids is 2. The van der Waals surface area contributed by atoms with E-state index >= 15 is 0 Å². The van der Waals surface area contributed by atoms with Crippen molar-refractivity contribution in [3.8, 4) is 0 Å². The van der Waals surface area contributed by atoms with E-state index in [4.69, 9.17) is 0 Å². The average molecular weight is 259 g/mol. The first-order valence-corrected chi connectivity index (χ1v) is 5.67. The fourth-order valence-corrected chi connectivity index (χ4v) is 1.87. The Morgan fingerprint density at radius 1 is 1.11 bits per heavy atom. The Labute approximate surface area is 110 Å². The zero-order valence-electron chi connectivity index (χ0n) is 10.6. The molecule has 0 aliphatic carbocycles. The van der Waals surface area contributed by atoms with Gasteiger partial charge in [0.2, 0.25) is 0 Å². The molecule has 1 heterocycles. The van der Waals surface area contributed by atoms with Crippen molar-refractivity contribution < 1.29 is 19.1 Å². The molecular weight excluding hydrogens is 246 g/mol. The van der Waals surface area contributed by atoms with E-state index in [1.807, 2.05) is 12.1 Å². The molecule has 0 aliphatic heterocycles. The molecule has 5 heteroatoms. The summed E-state index contributed by atoms with van der Waals surface area (Å²) in [6, 6.07) is 8.91. The lowest BCUT2D eigenvalue weighted by atomic mass is 9.98. The number of methoxy groups -OCH3 is 2. The number of aromatic nitrogens is 1. The van der Waals surface area contributed by atoms with Gasteiger partial charge in [-0.25, -0.2) is 0 Å². The number of nitrogens with zero attached hydrogens (tertiary/aromatic N) is 1. The maximum Gasteiger partial charge on any atom is 0.324 e. The number of benzene rings is 1. The van der Waals surface area contributed by atoms with Gasteiger partial charge in [0.25, 0.3) is 0 Å². The second kappa shape index (κ2) is 5.48. The molecule has 0 aliphatic rings. The van der Waals surface area contributed by atoms with E-state index in [1.165, 1.54) is 14.2 Å². The van der Waals surface area contributed by atoms with Crippen molar-refractivity contribution in [1.29, 1.82) is 0 Å². The topological polar surface area (TPSA) is 65.5 Å². The highest BCUT2D eigenvalue weighted by molar-refractivity contribution is 6.01. The lowest BCUT2D eigenvalue weighted by Crippen LogP contribution is -2.24. The van der Waals surface area contributed by atoms with Gasteiger partial charge in [-0.2, -0.15) is 0 Å². The van der Waals surface area contributed by atoms with Gasteiger partial charge < -0.3 is 9.47 Å². The van der Waals surface area contributed by atoms with E-state index in [0.29, 0.717) is 11.1 Å². The van der Waals surface area contributed by atoms with Crippen molar-refractivity contribution in [3.05, 3.63) is 42.1 Å². The van der Waals surface area contributed by atoms with Crippen LogP contribution >= 0.6 is 0 Å². The quantitative estimate of drug-likeness (QED) is 0.619. The molecule has 0 atom stereocenters. The van der Waals surface area contributed by atoms with Gasteiger partial charge in [0.05, 0.1) is 19.7 Å². The molecule has 98 valence electrons. The van der Waals surface area contributed by atoms with Crippen molar-refractivity contribution in [2.75, 3.05) is 14.2 Å². The van der Waals surface area contributed by atoms with Crippen LogP contribution in [0.4, 0.5) is 0 Å². The van der Waals surface area contributed by atoms with E-state index < -0.39 is 17.9 Å². The highest BCUT2D eigenvalue weighted by atomic mass is 16.5. The van der Waals surface area contributed by atoms with Crippen molar-refractivity contribution in [1.82, 2.24) is 4.98 Å². The normalized spacial score (nSPS) is 10.5. The predicted molar refractivity (Wildman–Crippen MR) is 68.5 cm³/mol. The third kappa shape index (κ3) is 2.54. The van der Waals surface area contributed by atoms with E-state index in [1.54, 1.807) is 24.4 Å². The number of carbonyl (C=O) groups is 2. The molecule has 2 aromatic rings. The van der Waals surface area contributed by atoms with Crippen LogP contribution in [0.1, 0.15) is 11.5 Å². The van der Waals surface area contributed by atoms with Crippen molar-refractivity contribution in [2.45, 2.75) is 5.92 Å². The lowest BCUT2D eigenvalue weighted by molar-refractivity contribution is -0.154. The van der Waals surface area contributed by atoms with E-state index in [9.17, 15) is 9.59 Å². The Hall–Kier alpha value is -2.43. The molecule has 0 spiro atoms. The minimum absolute atomic E-state index is 0.505. The zero-order chi connectivity index (χ0) is 13.8. The number of hydrogen-bond acceptors (Lipinski definition) is 5. The summed E-state index contributed by atoms with van der Waals surface area (Å²) >= 11 is 0. The van der Waals surface area contributed by atoms with Gasteiger partial charge in [0.1, 0.15) is 0 Å². The Bertz CT molecular complexity index is 608. The Morgan fingerprint density at radius 2 is 1.79 bits per heavy atom. The molecule has 0 radical (unpaired) electrons. The van der Waals surface area contributed by atoms with Gasteiger partial charge >= 0.3 is 11.9 Å². The van der Waals surface area contributed by atoms with Crippen LogP contribution in [0.25, 0.3) is 10.9 Å². The molecule has 2 rings (SSSR count). The highest BCUT2D eigenvalue weighted by Gasteiger charge is 2.30. The molecule has 1 aromatic carbocycles. The minimum atomic E-state index is -1.08. The second-order valence-electron chi connectivity index (χ2n) is 3.93. The molecule has 0 unspecified atom stereocenters. The summed E-state index contributed by atoms with van der Waals surface area (Å²) in [5.41, 5.74) is 1.21. The SMILES string of the molecule is COC(=O)C(C(=O)OC)c1ccc2cccnc2c1. The predicted octanol–water partition coefficient (Wildman–Crippen LogP) is 1.66. The smallest absolute Gasteiger partial charge is 0.324 e. The van der Waals surface area contributed by atoms with Gasteiger partial charge in [-0.15, -0.1) is 0 Å². The fraction of sp³-hybridized carbons (Fsp3) is 0.214. The molecule has 0 N–H and O–H groups in total. The monoisotopic (exact) mass is 259 g/mol. The molecule has 0 amide bonds. The van der Waals surface area contributed by atoms with Crippen LogP contribution in [-0.2, 0) is 19.1 Å². The van der Waals surface area contributed by atoms with Crippen LogP contribution in [0.5, 0.6) is 0 Å². The summed E-state index contributed by atoms with van der Waals surface area (Å²) < 4.78 is 9.28. The molecule has 0 bridgehead atoms. The molecule has 1 aromatic heterocycles. The zero-order valence-corrected chi connectivity index (χ0v) is 10.6. The molecule has 0 saturated heterocycles. The highest BCUT2D eigenvalue weighted by Crippen LogP contribution is 2.22. The fourth-order valence-electron chi connectivity index (χ4n) is 1.87. The number of pyridine rings is 1. The maximum atomic E-state index is 11.7. The Morgan fingerprint density at radius 3 is 2.42 bits per heavy atom.